The summed E-state index contributed by atoms with van der Waals surface area (Å²) in [6.07, 6.45) is 0.508. The molecule has 1 aromatic carbocycles. The van der Waals surface area contributed by atoms with Crippen molar-refractivity contribution in [3.8, 4) is 0 Å². The molecule has 1 aliphatic heterocycles. The summed E-state index contributed by atoms with van der Waals surface area (Å²) >= 11 is 2.02. The van der Waals surface area contributed by atoms with Crippen molar-refractivity contribution in [2.24, 2.45) is 7.05 Å². The Kier molecular flexibility index (Phi) is 5.41. The van der Waals surface area contributed by atoms with Gasteiger partial charge in [0.25, 0.3) is 5.56 Å². The standard InChI is InChI=1S/C19H19FIN3O3/c1-10-12(16(26)9-25)8-23(2)19-18(10)15(7-17(27)24(19)3)22-14-5-4-11(21)6-13(14)20/h4-8,16,22,25-26H,1,9H2,2-3H3/t16-/m1/s1. The Balaban J connectivity index is 2.18. The summed E-state index contributed by atoms with van der Waals surface area (Å²) in [5, 5.41) is 22.4. The second-order valence-electron chi connectivity index (χ2n) is 6.28. The summed E-state index contributed by atoms with van der Waals surface area (Å²) < 4.78 is 16.5. The van der Waals surface area contributed by atoms with Crippen LogP contribution in [-0.2, 0) is 7.05 Å². The number of aliphatic hydroxyl groups excluding tert-OH is 2. The highest BCUT2D eigenvalue weighted by molar-refractivity contribution is 14.1. The maximum Gasteiger partial charge on any atom is 0.253 e. The lowest BCUT2D eigenvalue weighted by Gasteiger charge is -2.32. The number of benzene rings is 1. The van der Waals surface area contributed by atoms with Gasteiger partial charge in [-0.2, -0.15) is 0 Å². The highest BCUT2D eigenvalue weighted by atomic mass is 127. The second kappa shape index (κ2) is 7.45. The predicted octanol–water partition coefficient (Wildman–Crippen LogP) is 2.57. The third-order valence-corrected chi connectivity index (χ3v) is 5.13. The van der Waals surface area contributed by atoms with Crippen molar-refractivity contribution in [1.29, 1.82) is 0 Å². The van der Waals surface area contributed by atoms with Gasteiger partial charge < -0.3 is 20.4 Å². The van der Waals surface area contributed by atoms with E-state index in [0.717, 1.165) is 3.57 Å². The SMILES string of the molecule is C=C1C([C@H](O)CO)=CN(C)c2c1c(Nc1ccc(I)cc1F)cc(=O)n2C. The van der Waals surface area contributed by atoms with Gasteiger partial charge >= 0.3 is 0 Å². The molecule has 0 spiro atoms. The predicted molar refractivity (Wildman–Crippen MR) is 113 cm³/mol. The van der Waals surface area contributed by atoms with Crippen LogP contribution < -0.4 is 15.8 Å². The molecule has 0 saturated heterocycles. The van der Waals surface area contributed by atoms with Crippen LogP contribution in [0.5, 0.6) is 0 Å². The van der Waals surface area contributed by atoms with Crippen molar-refractivity contribution in [2.45, 2.75) is 6.10 Å². The van der Waals surface area contributed by atoms with Gasteiger partial charge in [0.15, 0.2) is 0 Å². The van der Waals surface area contributed by atoms with E-state index in [1.807, 2.05) is 22.6 Å². The van der Waals surface area contributed by atoms with Crippen molar-refractivity contribution >= 4 is 45.4 Å². The van der Waals surface area contributed by atoms with E-state index in [1.165, 1.54) is 16.7 Å². The average Bonchev–Trinajstić information content (AvgIpc) is 2.62. The van der Waals surface area contributed by atoms with E-state index in [-0.39, 0.29) is 11.2 Å². The van der Waals surface area contributed by atoms with Gasteiger partial charge in [0.1, 0.15) is 17.7 Å². The lowest BCUT2D eigenvalue weighted by molar-refractivity contribution is 0.125. The Hall–Kier alpha value is -2.17. The Morgan fingerprint density at radius 3 is 2.63 bits per heavy atom. The van der Waals surface area contributed by atoms with Crippen molar-refractivity contribution in [3.05, 3.63) is 67.9 Å². The molecule has 2 heterocycles. The van der Waals surface area contributed by atoms with Crippen molar-refractivity contribution in [3.63, 3.8) is 0 Å². The molecule has 142 valence electrons. The number of halogens is 2. The first kappa shape index (κ1) is 19.6. The average molecular weight is 483 g/mol. The molecule has 1 aromatic heterocycles. The monoisotopic (exact) mass is 483 g/mol. The van der Waals surface area contributed by atoms with E-state index < -0.39 is 18.5 Å². The van der Waals surface area contributed by atoms with Gasteiger partial charge in [-0.3, -0.25) is 9.36 Å². The molecule has 3 N–H and O–H groups in total. The van der Waals surface area contributed by atoms with Crippen LogP contribution in [0.25, 0.3) is 5.57 Å². The Bertz CT molecular complexity index is 1020. The Labute approximate surface area is 169 Å². The highest BCUT2D eigenvalue weighted by Crippen LogP contribution is 2.41. The summed E-state index contributed by atoms with van der Waals surface area (Å²) in [5.74, 6) is 0.104. The van der Waals surface area contributed by atoms with Crippen LogP contribution in [0.15, 0.2) is 47.4 Å². The summed E-state index contributed by atoms with van der Waals surface area (Å²) in [6, 6.07) is 6.10. The molecule has 3 rings (SSSR count). The molecule has 6 nitrogen and oxygen atoms in total. The van der Waals surface area contributed by atoms with Crippen molar-refractivity contribution < 1.29 is 14.6 Å². The quantitative estimate of drug-likeness (QED) is 0.583. The fourth-order valence-corrected chi connectivity index (χ4v) is 3.56. The molecule has 0 radical (unpaired) electrons. The molecule has 2 aromatic rings. The van der Waals surface area contributed by atoms with Crippen LogP contribution in [-0.4, -0.2) is 34.5 Å². The number of rotatable bonds is 4. The molecule has 0 bridgehead atoms. The number of fused-ring (bicyclic) bond motifs is 1. The van der Waals surface area contributed by atoms with Crippen LogP contribution in [0.4, 0.5) is 21.6 Å². The second-order valence-corrected chi connectivity index (χ2v) is 7.52. The molecule has 0 saturated carbocycles. The molecule has 0 unspecified atom stereocenters. The van der Waals surface area contributed by atoms with Crippen LogP contribution in [0, 0.1) is 9.39 Å². The molecule has 8 heteroatoms. The van der Waals surface area contributed by atoms with Crippen LogP contribution in [0.3, 0.4) is 0 Å². The number of pyridine rings is 1. The fraction of sp³-hybridized carbons (Fsp3) is 0.211. The van der Waals surface area contributed by atoms with Crippen LogP contribution in [0.1, 0.15) is 5.56 Å². The van der Waals surface area contributed by atoms with Gasteiger partial charge in [-0.05, 0) is 46.4 Å². The number of hydrogen-bond acceptors (Lipinski definition) is 5. The number of aliphatic hydroxyl groups is 2. The zero-order chi connectivity index (χ0) is 19.9. The van der Waals surface area contributed by atoms with E-state index in [1.54, 1.807) is 37.3 Å². The number of anilines is 3. The van der Waals surface area contributed by atoms with Crippen LogP contribution >= 0.6 is 22.6 Å². The minimum atomic E-state index is -1.12. The Morgan fingerprint density at radius 2 is 2.00 bits per heavy atom. The summed E-state index contributed by atoms with van der Waals surface area (Å²) in [4.78, 5) is 14.1. The zero-order valence-electron chi connectivity index (χ0n) is 14.8. The van der Waals surface area contributed by atoms with Crippen molar-refractivity contribution in [2.75, 3.05) is 23.9 Å². The van der Waals surface area contributed by atoms with E-state index in [0.29, 0.717) is 28.2 Å². The summed E-state index contributed by atoms with van der Waals surface area (Å²) in [6.45, 7) is 3.57. The van der Waals surface area contributed by atoms with E-state index in [4.69, 9.17) is 0 Å². The summed E-state index contributed by atoms with van der Waals surface area (Å²) in [5.41, 5.74) is 1.76. The number of nitrogens with zero attached hydrogens (tertiary/aromatic N) is 2. The lowest BCUT2D eigenvalue weighted by Crippen LogP contribution is -2.31. The minimum Gasteiger partial charge on any atom is -0.393 e. The molecule has 0 amide bonds. The maximum absolute atomic E-state index is 14.3. The molecular formula is C19H19FIN3O3. The van der Waals surface area contributed by atoms with E-state index in [9.17, 15) is 19.4 Å². The van der Waals surface area contributed by atoms with Crippen molar-refractivity contribution in [1.82, 2.24) is 4.57 Å². The lowest BCUT2D eigenvalue weighted by atomic mass is 9.92. The smallest absolute Gasteiger partial charge is 0.253 e. The molecule has 0 fully saturated rings. The van der Waals surface area contributed by atoms with E-state index >= 15 is 0 Å². The normalized spacial score (nSPS) is 14.7. The zero-order valence-corrected chi connectivity index (χ0v) is 17.0. The van der Waals surface area contributed by atoms with Gasteiger partial charge in [-0.15, -0.1) is 0 Å². The maximum atomic E-state index is 14.3. The molecule has 0 aliphatic carbocycles. The minimum absolute atomic E-state index is 0.222. The largest absolute Gasteiger partial charge is 0.393 e. The number of aromatic nitrogens is 1. The first-order valence-corrected chi connectivity index (χ1v) is 9.21. The third kappa shape index (κ3) is 3.52. The molecule has 27 heavy (non-hydrogen) atoms. The molecule has 1 aliphatic rings. The van der Waals surface area contributed by atoms with Crippen LogP contribution in [0.2, 0.25) is 0 Å². The van der Waals surface area contributed by atoms with Gasteiger partial charge in [0, 0.05) is 41.1 Å². The molecular weight excluding hydrogens is 464 g/mol. The molecule has 1 atom stereocenters. The first-order valence-electron chi connectivity index (χ1n) is 8.13. The Morgan fingerprint density at radius 1 is 1.30 bits per heavy atom. The summed E-state index contributed by atoms with van der Waals surface area (Å²) in [7, 11) is 3.35. The number of nitrogens with one attached hydrogen (secondary N) is 1. The van der Waals surface area contributed by atoms with Gasteiger partial charge in [-0.1, -0.05) is 6.58 Å². The topological polar surface area (TPSA) is 77.7 Å². The van der Waals surface area contributed by atoms with Gasteiger partial charge in [-0.25, -0.2) is 4.39 Å². The van der Waals surface area contributed by atoms with Gasteiger partial charge in [0.05, 0.1) is 18.0 Å². The fourth-order valence-electron chi connectivity index (χ4n) is 3.11. The van der Waals surface area contributed by atoms with E-state index in [2.05, 4.69) is 11.9 Å². The first-order chi connectivity index (χ1) is 12.7. The van der Waals surface area contributed by atoms with Gasteiger partial charge in [0.2, 0.25) is 0 Å². The highest BCUT2D eigenvalue weighted by Gasteiger charge is 2.28. The number of hydrogen-bond donors (Lipinski definition) is 3. The third-order valence-electron chi connectivity index (χ3n) is 4.46.